The fourth-order valence-electron chi connectivity index (χ4n) is 4.39. The molecular formula is C28H24N2OS. The molecule has 3 nitrogen and oxygen atoms in total. The molecule has 0 fully saturated rings. The fourth-order valence-corrected chi connectivity index (χ4v) is 5.27. The largest absolute Gasteiger partial charge is 0.381 e. The molecule has 0 spiro atoms. The molecule has 0 aliphatic heterocycles. The molecular weight excluding hydrogens is 412 g/mol. The Bertz CT molecular complexity index is 1200. The average Bonchev–Trinajstić information content (AvgIpc) is 3.51. The molecule has 1 N–H and O–H groups in total. The second kappa shape index (κ2) is 8.58. The van der Waals surface area contributed by atoms with E-state index < -0.39 is 11.6 Å². The van der Waals surface area contributed by atoms with Crippen molar-refractivity contribution in [2.75, 3.05) is 0 Å². The minimum atomic E-state index is -0.755. The summed E-state index contributed by atoms with van der Waals surface area (Å²) < 4.78 is 2.13. The van der Waals surface area contributed by atoms with Gasteiger partial charge < -0.3 is 9.67 Å². The van der Waals surface area contributed by atoms with E-state index in [2.05, 4.69) is 82.3 Å². The topological polar surface area (TPSA) is 38.0 Å². The summed E-state index contributed by atoms with van der Waals surface area (Å²) in [6.45, 7) is 2.05. The summed E-state index contributed by atoms with van der Waals surface area (Å²) in [5, 5.41) is 11.0. The molecule has 0 radical (unpaired) electrons. The van der Waals surface area contributed by atoms with E-state index in [0.717, 1.165) is 21.6 Å². The zero-order valence-electron chi connectivity index (χ0n) is 17.8. The van der Waals surface area contributed by atoms with E-state index in [9.17, 15) is 5.11 Å². The molecule has 1 atom stereocenters. The molecule has 3 aromatic carbocycles. The third-order valence-corrected chi connectivity index (χ3v) is 6.93. The van der Waals surface area contributed by atoms with Crippen LogP contribution in [0.5, 0.6) is 0 Å². The van der Waals surface area contributed by atoms with Crippen molar-refractivity contribution >= 4 is 11.3 Å². The lowest BCUT2D eigenvalue weighted by atomic mass is 9.77. The number of aliphatic hydroxyl groups is 1. The maximum absolute atomic E-state index is 11.0. The van der Waals surface area contributed by atoms with Crippen LogP contribution in [0.2, 0.25) is 0 Å². The van der Waals surface area contributed by atoms with Crippen molar-refractivity contribution in [3.05, 3.63) is 148 Å². The van der Waals surface area contributed by atoms with Gasteiger partial charge in [0.15, 0.2) is 0 Å². The van der Waals surface area contributed by atoms with Crippen molar-refractivity contribution in [1.29, 1.82) is 0 Å². The number of aryl methyl sites for hydroxylation is 1. The summed E-state index contributed by atoms with van der Waals surface area (Å²) in [6.07, 6.45) is 3.06. The highest BCUT2D eigenvalue weighted by Gasteiger charge is 2.38. The van der Waals surface area contributed by atoms with Gasteiger partial charge in [-0.05, 0) is 35.7 Å². The van der Waals surface area contributed by atoms with Crippen LogP contribution in [-0.2, 0) is 5.54 Å². The fraction of sp³-hybridized carbons (Fsp3) is 0.107. The molecule has 0 bridgehead atoms. The molecule has 2 aromatic heterocycles. The van der Waals surface area contributed by atoms with Crippen LogP contribution in [0.15, 0.2) is 116 Å². The summed E-state index contributed by atoms with van der Waals surface area (Å²) in [5.74, 6) is 0. The van der Waals surface area contributed by atoms with Gasteiger partial charge in [-0.3, -0.25) is 0 Å². The van der Waals surface area contributed by atoms with Gasteiger partial charge in [-0.1, -0.05) is 91.0 Å². The first-order valence-electron chi connectivity index (χ1n) is 10.6. The minimum Gasteiger partial charge on any atom is -0.381 e. The number of aromatic nitrogens is 2. The summed E-state index contributed by atoms with van der Waals surface area (Å²) >= 11 is 1.60. The van der Waals surface area contributed by atoms with Gasteiger partial charge in [-0.15, -0.1) is 11.3 Å². The van der Waals surface area contributed by atoms with Crippen molar-refractivity contribution < 1.29 is 5.11 Å². The van der Waals surface area contributed by atoms with Gasteiger partial charge in [-0.2, -0.15) is 0 Å². The van der Waals surface area contributed by atoms with Gasteiger partial charge in [0.2, 0.25) is 0 Å². The molecule has 5 rings (SSSR count). The lowest BCUT2D eigenvalue weighted by Crippen LogP contribution is -2.37. The Hall–Kier alpha value is -3.47. The van der Waals surface area contributed by atoms with Gasteiger partial charge >= 0.3 is 0 Å². The summed E-state index contributed by atoms with van der Waals surface area (Å²) in [7, 11) is 0. The molecule has 1 unspecified atom stereocenters. The van der Waals surface area contributed by atoms with Crippen LogP contribution in [0, 0.1) is 6.92 Å². The van der Waals surface area contributed by atoms with Crippen molar-refractivity contribution in [3.63, 3.8) is 0 Å². The number of rotatable bonds is 6. The Morgan fingerprint density at radius 1 is 0.750 bits per heavy atom. The van der Waals surface area contributed by atoms with Gasteiger partial charge in [0.05, 0.1) is 12.0 Å². The number of imidazole rings is 1. The number of hydrogen-bond donors (Lipinski definition) is 1. The van der Waals surface area contributed by atoms with Gasteiger partial charge in [-0.25, -0.2) is 4.98 Å². The van der Waals surface area contributed by atoms with E-state index in [1.807, 2.05) is 49.8 Å². The number of hydrogen-bond acceptors (Lipinski definition) is 3. The van der Waals surface area contributed by atoms with Gasteiger partial charge in [0, 0.05) is 16.0 Å². The zero-order chi connectivity index (χ0) is 22.0. The lowest BCUT2D eigenvalue weighted by molar-refractivity contribution is 0.219. The maximum Gasteiger partial charge on any atom is 0.132 e. The average molecular weight is 437 g/mol. The van der Waals surface area contributed by atoms with Crippen molar-refractivity contribution in [2.24, 2.45) is 0 Å². The quantitative estimate of drug-likeness (QED) is 0.323. The Morgan fingerprint density at radius 2 is 1.25 bits per heavy atom. The zero-order valence-corrected chi connectivity index (χ0v) is 18.6. The molecule has 0 aliphatic carbocycles. The van der Waals surface area contributed by atoms with E-state index in [1.54, 1.807) is 11.3 Å². The van der Waals surface area contributed by atoms with E-state index in [-0.39, 0.29) is 0 Å². The first-order valence-corrected chi connectivity index (χ1v) is 11.5. The number of nitrogens with zero attached hydrogens (tertiary/aromatic N) is 2. The molecule has 0 saturated carbocycles. The van der Waals surface area contributed by atoms with E-state index in [1.165, 1.54) is 4.88 Å². The van der Waals surface area contributed by atoms with Crippen LogP contribution in [0.3, 0.4) is 0 Å². The molecule has 32 heavy (non-hydrogen) atoms. The normalized spacial score (nSPS) is 12.6. The Balaban J connectivity index is 1.75. The van der Waals surface area contributed by atoms with Crippen molar-refractivity contribution in [3.8, 4) is 0 Å². The van der Waals surface area contributed by atoms with Crippen molar-refractivity contribution in [1.82, 2.24) is 9.55 Å². The van der Waals surface area contributed by atoms with Gasteiger partial charge in [0.25, 0.3) is 0 Å². The first kappa shape index (κ1) is 20.4. The van der Waals surface area contributed by atoms with E-state index >= 15 is 0 Å². The molecule has 0 aliphatic rings. The number of thiophene rings is 1. The summed E-state index contributed by atoms with van der Waals surface area (Å²) in [4.78, 5) is 6.74. The Kier molecular flexibility index (Phi) is 5.48. The molecule has 2 heterocycles. The molecule has 0 amide bonds. The smallest absolute Gasteiger partial charge is 0.132 e. The molecule has 4 heteroatoms. The van der Waals surface area contributed by atoms with Crippen LogP contribution in [0.25, 0.3) is 0 Å². The molecule has 0 saturated heterocycles. The monoisotopic (exact) mass is 436 g/mol. The highest BCUT2D eigenvalue weighted by atomic mass is 32.1. The minimum absolute atomic E-state index is 0.625. The predicted molar refractivity (Wildman–Crippen MR) is 130 cm³/mol. The van der Waals surface area contributed by atoms with Crippen LogP contribution in [0.4, 0.5) is 0 Å². The maximum atomic E-state index is 11.0. The standard InChI is InChI=1S/C28H24N2OS/c1-21-17-18-26(32-21)27(31)25-19-30(20-29-25)28(22-11-5-2-6-12-22,23-13-7-3-8-14-23)24-15-9-4-10-16-24/h2-20,27,31H,1H3. The van der Waals surface area contributed by atoms with E-state index in [4.69, 9.17) is 0 Å². The Labute approximate surface area is 192 Å². The first-order chi connectivity index (χ1) is 15.7. The highest BCUT2D eigenvalue weighted by molar-refractivity contribution is 7.12. The van der Waals surface area contributed by atoms with Crippen LogP contribution in [-0.4, -0.2) is 14.7 Å². The summed E-state index contributed by atoms with van der Waals surface area (Å²) in [5.41, 5.74) is 3.40. The molecule has 5 aromatic rings. The number of benzene rings is 3. The van der Waals surface area contributed by atoms with Crippen LogP contribution in [0.1, 0.15) is 38.2 Å². The predicted octanol–water partition coefficient (Wildman–Crippen LogP) is 6.17. The lowest BCUT2D eigenvalue weighted by Gasteiger charge is -2.37. The summed E-state index contributed by atoms with van der Waals surface area (Å²) in [6, 6.07) is 35.4. The highest BCUT2D eigenvalue weighted by Crippen LogP contribution is 2.41. The van der Waals surface area contributed by atoms with Crippen LogP contribution >= 0.6 is 11.3 Å². The van der Waals surface area contributed by atoms with E-state index in [0.29, 0.717) is 5.69 Å². The van der Waals surface area contributed by atoms with Gasteiger partial charge in [0.1, 0.15) is 11.6 Å². The molecule has 158 valence electrons. The number of aliphatic hydroxyl groups excluding tert-OH is 1. The Morgan fingerprint density at radius 3 is 1.69 bits per heavy atom. The van der Waals surface area contributed by atoms with Crippen LogP contribution < -0.4 is 0 Å². The third-order valence-electron chi connectivity index (χ3n) is 5.88. The SMILES string of the molecule is Cc1ccc(C(O)c2cn(C(c3ccccc3)(c3ccccc3)c3ccccc3)cn2)s1. The second-order valence-corrected chi connectivity index (χ2v) is 9.18. The second-order valence-electron chi connectivity index (χ2n) is 7.87. The third kappa shape index (κ3) is 3.48. The van der Waals surface area contributed by atoms with Crippen molar-refractivity contribution in [2.45, 2.75) is 18.6 Å².